The Kier molecular flexibility index (Phi) is 2.69. The highest BCUT2D eigenvalue weighted by Crippen LogP contribution is 2.57. The second-order valence-corrected chi connectivity index (χ2v) is 8.19. The molecule has 0 spiro atoms. The predicted octanol–water partition coefficient (Wildman–Crippen LogP) is 4.02. The van der Waals surface area contributed by atoms with E-state index < -0.39 is 11.2 Å². The Labute approximate surface area is 155 Å². The summed E-state index contributed by atoms with van der Waals surface area (Å²) in [5, 5.41) is 43.2. The van der Waals surface area contributed by atoms with Crippen molar-refractivity contribution in [3.63, 3.8) is 0 Å². The minimum absolute atomic E-state index is 0.0552. The third-order valence-corrected chi connectivity index (χ3v) is 6.00. The van der Waals surface area contributed by atoms with Gasteiger partial charge in [0.15, 0.2) is 0 Å². The minimum atomic E-state index is -0.505. The van der Waals surface area contributed by atoms with Gasteiger partial charge in [0.1, 0.15) is 23.0 Å². The van der Waals surface area contributed by atoms with Crippen LogP contribution in [-0.2, 0) is 11.8 Å². The largest absolute Gasteiger partial charge is 0.508 e. The van der Waals surface area contributed by atoms with Crippen molar-refractivity contribution in [2.45, 2.75) is 32.6 Å². The molecule has 0 aromatic heterocycles. The molecule has 0 fully saturated rings. The van der Waals surface area contributed by atoms with E-state index in [9.17, 15) is 25.2 Å². The summed E-state index contributed by atoms with van der Waals surface area (Å²) in [5.74, 6) is -0.997. The van der Waals surface area contributed by atoms with Crippen LogP contribution in [-0.4, -0.2) is 26.2 Å². The van der Waals surface area contributed by atoms with Crippen LogP contribution in [0.25, 0.3) is 21.9 Å². The van der Waals surface area contributed by atoms with Gasteiger partial charge in [-0.2, -0.15) is 0 Å². The third kappa shape index (κ3) is 1.71. The van der Waals surface area contributed by atoms with Gasteiger partial charge in [-0.05, 0) is 47.6 Å². The summed E-state index contributed by atoms with van der Waals surface area (Å²) in [6.07, 6.45) is 0.458. The highest BCUT2D eigenvalue weighted by Gasteiger charge is 2.42. The summed E-state index contributed by atoms with van der Waals surface area (Å²) in [7, 11) is 0. The molecular weight excluding hydrogens is 344 g/mol. The monoisotopic (exact) mass is 362 g/mol. The fourth-order valence-electron chi connectivity index (χ4n) is 4.86. The van der Waals surface area contributed by atoms with Crippen molar-refractivity contribution in [1.82, 2.24) is 0 Å². The maximum absolute atomic E-state index is 13.2. The Morgan fingerprint density at radius 1 is 0.778 bits per heavy atom. The fourth-order valence-corrected chi connectivity index (χ4v) is 4.86. The number of hydrogen-bond acceptors (Lipinski definition) is 5. The van der Waals surface area contributed by atoms with Gasteiger partial charge in [-0.1, -0.05) is 13.8 Å². The van der Waals surface area contributed by atoms with Crippen LogP contribution in [0.5, 0.6) is 23.0 Å². The first-order chi connectivity index (χ1) is 12.6. The van der Waals surface area contributed by atoms with Gasteiger partial charge in [0.2, 0.25) is 5.78 Å². The Bertz CT molecular complexity index is 1230. The Morgan fingerprint density at radius 2 is 1.44 bits per heavy atom. The molecule has 3 aromatic carbocycles. The fraction of sp³-hybridized carbons (Fsp3) is 0.227. The highest BCUT2D eigenvalue weighted by atomic mass is 16.3. The van der Waals surface area contributed by atoms with Crippen molar-refractivity contribution in [3.05, 3.63) is 46.0 Å². The lowest BCUT2D eigenvalue weighted by molar-refractivity contribution is 0.103. The zero-order chi connectivity index (χ0) is 19.4. The zero-order valence-corrected chi connectivity index (χ0v) is 15.1. The molecule has 0 amide bonds. The van der Waals surface area contributed by atoms with E-state index in [0.29, 0.717) is 39.4 Å². The quantitative estimate of drug-likeness (QED) is 0.379. The standard InChI is InChI=1S/C22H18O5/c1-8-4-12(24)19-20-15(8)13(25)5-10-17(20)16-9(7-22(10,2)3)11(23)6-14(26)18(16)21(19)27/h4-6,23-26H,7H2,1-3H3. The van der Waals surface area contributed by atoms with E-state index in [1.54, 1.807) is 13.0 Å². The van der Waals surface area contributed by atoms with E-state index in [-0.39, 0.29) is 34.1 Å². The summed E-state index contributed by atoms with van der Waals surface area (Å²) >= 11 is 0. The van der Waals surface area contributed by atoms with Gasteiger partial charge in [-0.3, -0.25) is 4.79 Å². The normalized spacial score (nSPS) is 16.0. The zero-order valence-electron chi connectivity index (χ0n) is 15.1. The molecule has 0 heterocycles. The maximum Gasteiger partial charge on any atom is 0.201 e. The summed E-state index contributed by atoms with van der Waals surface area (Å²) in [6.45, 7) is 5.77. The maximum atomic E-state index is 13.2. The van der Waals surface area contributed by atoms with Crippen LogP contribution in [0.1, 0.15) is 46.5 Å². The Hall–Kier alpha value is -3.21. The van der Waals surface area contributed by atoms with Gasteiger partial charge in [0, 0.05) is 28.0 Å². The van der Waals surface area contributed by atoms with E-state index in [0.717, 1.165) is 5.56 Å². The first-order valence-corrected chi connectivity index (χ1v) is 8.79. The average Bonchev–Trinajstić information content (AvgIpc) is 2.55. The molecule has 0 atom stereocenters. The molecule has 2 aliphatic rings. The van der Waals surface area contributed by atoms with Gasteiger partial charge in [0.05, 0.1) is 11.1 Å². The van der Waals surface area contributed by atoms with Crippen molar-refractivity contribution < 1.29 is 25.2 Å². The summed E-state index contributed by atoms with van der Waals surface area (Å²) in [5.41, 5.74) is 3.04. The van der Waals surface area contributed by atoms with Crippen LogP contribution < -0.4 is 0 Å². The van der Waals surface area contributed by atoms with Crippen molar-refractivity contribution >= 4 is 16.6 Å². The lowest BCUT2D eigenvalue weighted by atomic mass is 9.64. The van der Waals surface area contributed by atoms with Crippen LogP contribution >= 0.6 is 0 Å². The summed E-state index contributed by atoms with van der Waals surface area (Å²) in [4.78, 5) is 13.2. The predicted molar refractivity (Wildman–Crippen MR) is 101 cm³/mol. The first-order valence-electron chi connectivity index (χ1n) is 8.79. The van der Waals surface area contributed by atoms with E-state index in [4.69, 9.17) is 0 Å². The molecule has 3 aromatic rings. The number of carbonyl (C=O) groups is 1. The number of phenolic OH excluding ortho intramolecular Hbond substituents is 4. The Balaban J connectivity index is 2.17. The molecular formula is C22H18O5. The molecule has 0 aliphatic heterocycles. The molecule has 5 rings (SSSR count). The minimum Gasteiger partial charge on any atom is -0.508 e. The molecule has 136 valence electrons. The number of benzene rings is 3. The third-order valence-electron chi connectivity index (χ3n) is 6.00. The van der Waals surface area contributed by atoms with Crippen molar-refractivity contribution in [3.8, 4) is 34.1 Å². The molecule has 27 heavy (non-hydrogen) atoms. The smallest absolute Gasteiger partial charge is 0.201 e. The molecule has 0 saturated carbocycles. The molecule has 2 aliphatic carbocycles. The molecule has 5 heteroatoms. The SMILES string of the molecule is Cc1cc(O)c2c3c4c(cc(O)c13)C(C)(C)Cc1c(O)cc(O)c(c1-4)C2=O. The first kappa shape index (κ1) is 16.0. The van der Waals surface area contributed by atoms with E-state index in [2.05, 4.69) is 0 Å². The number of carbonyl (C=O) groups excluding carboxylic acids is 1. The molecule has 0 saturated heterocycles. The molecule has 0 radical (unpaired) electrons. The number of ketones is 1. The summed E-state index contributed by atoms with van der Waals surface area (Å²) in [6, 6.07) is 4.36. The van der Waals surface area contributed by atoms with Gasteiger partial charge in [-0.25, -0.2) is 0 Å². The number of aromatic hydroxyl groups is 4. The second kappa shape index (κ2) is 4.55. The highest BCUT2D eigenvalue weighted by molar-refractivity contribution is 6.30. The number of phenols is 4. The van der Waals surface area contributed by atoms with Crippen LogP contribution in [0.4, 0.5) is 0 Å². The van der Waals surface area contributed by atoms with E-state index in [1.807, 2.05) is 13.8 Å². The molecule has 4 N–H and O–H groups in total. The number of rotatable bonds is 0. The van der Waals surface area contributed by atoms with Gasteiger partial charge >= 0.3 is 0 Å². The van der Waals surface area contributed by atoms with Gasteiger partial charge < -0.3 is 20.4 Å². The number of aryl methyl sites for hydroxylation is 1. The molecule has 0 unspecified atom stereocenters. The van der Waals surface area contributed by atoms with Crippen LogP contribution in [0, 0.1) is 6.92 Å². The number of hydrogen-bond donors (Lipinski definition) is 4. The second-order valence-electron chi connectivity index (χ2n) is 8.19. The lowest BCUT2D eigenvalue weighted by Gasteiger charge is -2.38. The summed E-state index contributed by atoms with van der Waals surface area (Å²) < 4.78 is 0. The molecule has 0 bridgehead atoms. The Morgan fingerprint density at radius 3 is 2.15 bits per heavy atom. The van der Waals surface area contributed by atoms with Gasteiger partial charge in [-0.15, -0.1) is 0 Å². The van der Waals surface area contributed by atoms with E-state index >= 15 is 0 Å². The van der Waals surface area contributed by atoms with Crippen LogP contribution in [0.3, 0.4) is 0 Å². The molecule has 5 nitrogen and oxygen atoms in total. The average molecular weight is 362 g/mol. The van der Waals surface area contributed by atoms with Crippen LogP contribution in [0.2, 0.25) is 0 Å². The topological polar surface area (TPSA) is 98.0 Å². The van der Waals surface area contributed by atoms with Crippen LogP contribution in [0.15, 0.2) is 18.2 Å². The lowest BCUT2D eigenvalue weighted by Crippen LogP contribution is -2.28. The van der Waals surface area contributed by atoms with Crippen molar-refractivity contribution in [1.29, 1.82) is 0 Å². The van der Waals surface area contributed by atoms with E-state index in [1.165, 1.54) is 12.1 Å². The van der Waals surface area contributed by atoms with Crippen molar-refractivity contribution in [2.24, 2.45) is 0 Å². The van der Waals surface area contributed by atoms with Gasteiger partial charge in [0.25, 0.3) is 0 Å². The van der Waals surface area contributed by atoms with Crippen molar-refractivity contribution in [2.75, 3.05) is 0 Å².